The van der Waals surface area contributed by atoms with Crippen molar-refractivity contribution in [2.75, 3.05) is 12.0 Å². The van der Waals surface area contributed by atoms with E-state index < -0.39 is 0 Å². The van der Waals surface area contributed by atoms with Gasteiger partial charge in [-0.3, -0.25) is 4.98 Å². The normalized spacial score (nSPS) is 18.6. The average Bonchev–Trinajstić information content (AvgIpc) is 3.26. The number of fused-ring (bicyclic) bond motifs is 7. The Morgan fingerprint density at radius 2 is 2.03 bits per heavy atom. The molecule has 4 nitrogen and oxygen atoms in total. The third-order valence-corrected chi connectivity index (χ3v) is 7.35. The van der Waals surface area contributed by atoms with E-state index >= 15 is 0 Å². The summed E-state index contributed by atoms with van der Waals surface area (Å²) in [6, 6.07) is 17.3. The number of ether oxygens (including phenoxy) is 1. The maximum atomic E-state index is 5.66. The van der Waals surface area contributed by atoms with Crippen LogP contribution in [0.4, 0.5) is 5.69 Å². The van der Waals surface area contributed by atoms with Gasteiger partial charge in [0.05, 0.1) is 24.5 Å². The predicted octanol–water partition coefficient (Wildman–Crippen LogP) is 7.00. The van der Waals surface area contributed by atoms with Crippen molar-refractivity contribution in [3.8, 4) is 17.0 Å². The largest absolute Gasteiger partial charge is 0.497 e. The summed E-state index contributed by atoms with van der Waals surface area (Å²) in [5.74, 6) is 0.887. The summed E-state index contributed by atoms with van der Waals surface area (Å²) < 4.78 is 5.66. The smallest absolute Gasteiger partial charge is 0.119 e. The van der Waals surface area contributed by atoms with E-state index in [1.54, 1.807) is 7.11 Å². The van der Waals surface area contributed by atoms with Crippen molar-refractivity contribution in [1.82, 2.24) is 9.97 Å². The summed E-state index contributed by atoms with van der Waals surface area (Å²) in [5.41, 5.74) is 11.1. The lowest BCUT2D eigenvalue weighted by Crippen LogP contribution is -2.33. The molecule has 2 aromatic carbocycles. The van der Waals surface area contributed by atoms with E-state index in [-0.39, 0.29) is 6.04 Å². The number of aromatic amines is 1. The van der Waals surface area contributed by atoms with Gasteiger partial charge < -0.3 is 14.6 Å². The van der Waals surface area contributed by atoms with Crippen molar-refractivity contribution in [2.45, 2.75) is 31.7 Å². The first kappa shape index (κ1) is 18.8. The maximum Gasteiger partial charge on any atom is 0.119 e. The lowest BCUT2D eigenvalue weighted by molar-refractivity contribution is 0.414. The second-order valence-corrected chi connectivity index (χ2v) is 9.12. The molecule has 2 aliphatic heterocycles. The van der Waals surface area contributed by atoms with Crippen LogP contribution < -0.4 is 9.64 Å². The molecule has 0 bridgehead atoms. The molecular formula is C29H25N3O. The number of hydrogen-bond donors (Lipinski definition) is 1. The van der Waals surface area contributed by atoms with E-state index in [1.807, 2.05) is 6.20 Å². The van der Waals surface area contributed by atoms with Crippen molar-refractivity contribution >= 4 is 22.7 Å². The molecule has 0 saturated heterocycles. The van der Waals surface area contributed by atoms with E-state index in [0.717, 1.165) is 35.5 Å². The number of rotatable bonds is 2. The van der Waals surface area contributed by atoms with Crippen LogP contribution in [-0.2, 0) is 0 Å². The zero-order valence-electron chi connectivity index (χ0n) is 18.6. The minimum absolute atomic E-state index is 0.0401. The van der Waals surface area contributed by atoms with Crippen molar-refractivity contribution < 1.29 is 4.74 Å². The van der Waals surface area contributed by atoms with Crippen molar-refractivity contribution in [3.63, 3.8) is 0 Å². The molecule has 0 radical (unpaired) electrons. The van der Waals surface area contributed by atoms with Gasteiger partial charge in [0.25, 0.3) is 0 Å². The zero-order valence-corrected chi connectivity index (χ0v) is 18.6. The molecule has 4 aromatic rings. The molecule has 1 unspecified atom stereocenters. The minimum atomic E-state index is 0.0401. The molecule has 2 aromatic heterocycles. The van der Waals surface area contributed by atoms with Gasteiger partial charge in [0.1, 0.15) is 5.75 Å². The van der Waals surface area contributed by atoms with Crippen LogP contribution in [-0.4, -0.2) is 17.1 Å². The fourth-order valence-electron chi connectivity index (χ4n) is 5.86. The number of methoxy groups -OCH3 is 1. The number of aromatic nitrogens is 2. The Kier molecular flexibility index (Phi) is 4.04. The quantitative estimate of drug-likeness (QED) is 0.371. The molecule has 0 spiro atoms. The van der Waals surface area contributed by atoms with Gasteiger partial charge in [-0.1, -0.05) is 24.3 Å². The number of allylic oxidation sites excluding steroid dienone is 2. The van der Waals surface area contributed by atoms with Crippen LogP contribution in [0.25, 0.3) is 28.2 Å². The molecule has 1 atom stereocenters. The Balaban J connectivity index is 1.61. The van der Waals surface area contributed by atoms with Crippen LogP contribution in [0.3, 0.4) is 0 Å². The zero-order chi connectivity index (χ0) is 21.9. The van der Waals surface area contributed by atoms with Gasteiger partial charge in [-0.15, -0.1) is 0 Å². The summed E-state index contributed by atoms with van der Waals surface area (Å²) in [5, 5.41) is 1.26. The van der Waals surface area contributed by atoms with Gasteiger partial charge in [-0.2, -0.15) is 0 Å². The third-order valence-electron chi connectivity index (χ3n) is 7.35. The number of benzene rings is 2. The molecule has 0 saturated carbocycles. The Bertz CT molecular complexity index is 1480. The second-order valence-electron chi connectivity index (χ2n) is 9.12. The number of H-pyrrole nitrogens is 1. The Morgan fingerprint density at radius 1 is 1.06 bits per heavy atom. The van der Waals surface area contributed by atoms with Crippen LogP contribution in [0, 0.1) is 0 Å². The van der Waals surface area contributed by atoms with Gasteiger partial charge >= 0.3 is 0 Å². The van der Waals surface area contributed by atoms with Crippen molar-refractivity contribution in [1.29, 1.82) is 0 Å². The highest BCUT2D eigenvalue weighted by molar-refractivity contribution is 6.03. The van der Waals surface area contributed by atoms with Crippen LogP contribution in [0.2, 0.25) is 0 Å². The van der Waals surface area contributed by atoms with E-state index in [9.17, 15) is 0 Å². The highest BCUT2D eigenvalue weighted by atomic mass is 16.5. The average molecular weight is 432 g/mol. The Labute approximate surface area is 193 Å². The van der Waals surface area contributed by atoms with Crippen molar-refractivity contribution in [2.24, 2.45) is 0 Å². The van der Waals surface area contributed by atoms with Crippen LogP contribution in [0.15, 0.2) is 78.3 Å². The number of nitrogens with one attached hydrogen (secondary N) is 1. The van der Waals surface area contributed by atoms with Crippen molar-refractivity contribution in [3.05, 3.63) is 95.0 Å². The van der Waals surface area contributed by atoms with Gasteiger partial charge in [0.15, 0.2) is 0 Å². The van der Waals surface area contributed by atoms with Gasteiger partial charge in [0, 0.05) is 40.1 Å². The minimum Gasteiger partial charge on any atom is -0.497 e. The number of anilines is 1. The molecule has 4 heteroatoms. The van der Waals surface area contributed by atoms with E-state index in [2.05, 4.69) is 76.8 Å². The molecular weight excluding hydrogens is 406 g/mol. The van der Waals surface area contributed by atoms with Gasteiger partial charge in [-0.25, -0.2) is 0 Å². The molecule has 1 N–H and O–H groups in total. The fraction of sp³-hybridized carbons (Fsp3) is 0.207. The fourth-order valence-corrected chi connectivity index (χ4v) is 5.86. The molecule has 7 rings (SSSR count). The van der Waals surface area contributed by atoms with Crippen LogP contribution in [0.1, 0.15) is 48.4 Å². The summed E-state index contributed by atoms with van der Waals surface area (Å²) in [7, 11) is 1.74. The number of nitrogens with zero attached hydrogens (tertiary/aromatic N) is 2. The summed E-state index contributed by atoms with van der Waals surface area (Å²) in [4.78, 5) is 11.0. The summed E-state index contributed by atoms with van der Waals surface area (Å²) >= 11 is 0. The highest BCUT2D eigenvalue weighted by Crippen LogP contribution is 2.52. The molecule has 1 aliphatic carbocycles. The molecule has 0 amide bonds. The van der Waals surface area contributed by atoms with E-state index in [0.29, 0.717) is 0 Å². The lowest BCUT2D eigenvalue weighted by atomic mass is 9.85. The third kappa shape index (κ3) is 2.67. The summed E-state index contributed by atoms with van der Waals surface area (Å²) in [6.07, 6.45) is 13.7. The molecule has 162 valence electrons. The number of hydrogen-bond acceptors (Lipinski definition) is 3. The van der Waals surface area contributed by atoms with Crippen LogP contribution in [0.5, 0.6) is 5.75 Å². The standard InChI is InChI=1S/C29H25N3O/c1-33-20-13-12-19-15-26(18-7-3-2-4-8-18)32-25-11-6-14-30-28(25)21-9-5-10-24-27(21)23(17-31-24)29(32)22(19)16-20/h5-7,9-17,29,31H,2-4,8H2,1H3. The Morgan fingerprint density at radius 3 is 2.91 bits per heavy atom. The Hall–Kier alpha value is -3.79. The molecule has 33 heavy (non-hydrogen) atoms. The highest BCUT2D eigenvalue weighted by Gasteiger charge is 2.38. The SMILES string of the molecule is COc1ccc2c(c1)C1c3c[nH]c4cccc(c34)-c3ncccc3N1C(C1=CCCCC1)=C2. The second kappa shape index (κ2) is 7.11. The first-order chi connectivity index (χ1) is 16.3. The monoisotopic (exact) mass is 431 g/mol. The number of pyridine rings is 1. The first-order valence-corrected chi connectivity index (χ1v) is 11.8. The first-order valence-electron chi connectivity index (χ1n) is 11.8. The molecule has 0 fully saturated rings. The van der Waals surface area contributed by atoms with Crippen LogP contribution >= 0.6 is 0 Å². The predicted molar refractivity (Wildman–Crippen MR) is 133 cm³/mol. The summed E-state index contributed by atoms with van der Waals surface area (Å²) in [6.45, 7) is 0. The van der Waals surface area contributed by atoms with Gasteiger partial charge in [-0.05, 0) is 78.8 Å². The molecule has 3 aliphatic rings. The topological polar surface area (TPSA) is 41.1 Å². The maximum absolute atomic E-state index is 5.66. The van der Waals surface area contributed by atoms with Gasteiger partial charge in [0.2, 0.25) is 0 Å². The lowest BCUT2D eigenvalue weighted by Gasteiger charge is -2.40. The van der Waals surface area contributed by atoms with E-state index in [1.165, 1.54) is 51.8 Å². The molecule has 4 heterocycles. The van der Waals surface area contributed by atoms with E-state index in [4.69, 9.17) is 9.72 Å².